The minimum Gasteiger partial charge on any atom is -0.489 e. The summed E-state index contributed by atoms with van der Waals surface area (Å²) < 4.78 is 11.5. The molecule has 0 spiro atoms. The first-order valence-electron chi connectivity index (χ1n) is 9.57. The van der Waals surface area contributed by atoms with E-state index in [2.05, 4.69) is 24.4 Å². The van der Waals surface area contributed by atoms with Crippen LogP contribution in [-0.2, 0) is 4.74 Å². The highest BCUT2D eigenvalue weighted by Gasteiger charge is 2.28. The zero-order chi connectivity index (χ0) is 19.5. The van der Waals surface area contributed by atoms with Crippen molar-refractivity contribution in [3.8, 4) is 5.75 Å². The first-order valence-corrected chi connectivity index (χ1v) is 9.57. The van der Waals surface area contributed by atoms with E-state index in [0.29, 0.717) is 5.92 Å². The topological polar surface area (TPSA) is 50.8 Å². The molecule has 1 heterocycles. The zero-order valence-corrected chi connectivity index (χ0v) is 17.3. The Kier molecular flexibility index (Phi) is 6.43. The molecule has 1 amide bonds. The van der Waals surface area contributed by atoms with Crippen molar-refractivity contribution in [3.63, 3.8) is 0 Å². The molecule has 0 bridgehead atoms. The van der Waals surface area contributed by atoms with Crippen molar-refractivity contribution in [2.75, 3.05) is 25.5 Å². The second-order valence-corrected chi connectivity index (χ2v) is 8.36. The molecule has 0 aromatic heterocycles. The van der Waals surface area contributed by atoms with Gasteiger partial charge in [0.15, 0.2) is 0 Å². The van der Waals surface area contributed by atoms with Gasteiger partial charge in [0.25, 0.3) is 0 Å². The maximum absolute atomic E-state index is 12.3. The number of carbonyl (C=O) groups is 1. The Balaban J connectivity index is 2.10. The molecule has 1 fully saturated rings. The van der Waals surface area contributed by atoms with Crippen LogP contribution in [0.3, 0.4) is 0 Å². The summed E-state index contributed by atoms with van der Waals surface area (Å²) in [6.07, 6.45) is 1.81. The molecule has 26 heavy (non-hydrogen) atoms. The molecule has 0 atom stereocenters. The van der Waals surface area contributed by atoms with Crippen molar-refractivity contribution in [2.24, 2.45) is 0 Å². The molecule has 0 radical (unpaired) electrons. The lowest BCUT2D eigenvalue weighted by Crippen LogP contribution is -2.41. The van der Waals surface area contributed by atoms with Crippen molar-refractivity contribution in [3.05, 3.63) is 23.3 Å². The summed E-state index contributed by atoms with van der Waals surface area (Å²) in [6, 6.07) is 4.34. The molecule has 1 aromatic carbocycles. The summed E-state index contributed by atoms with van der Waals surface area (Å²) in [6.45, 7) is 13.4. The number of anilines is 1. The van der Waals surface area contributed by atoms with E-state index in [9.17, 15) is 4.79 Å². The van der Waals surface area contributed by atoms with Crippen LogP contribution in [0.15, 0.2) is 12.1 Å². The van der Waals surface area contributed by atoms with E-state index in [1.54, 1.807) is 0 Å². The monoisotopic (exact) mass is 362 g/mol. The molecule has 1 saturated heterocycles. The van der Waals surface area contributed by atoms with Gasteiger partial charge in [-0.3, -0.25) is 0 Å². The van der Waals surface area contributed by atoms with Gasteiger partial charge < -0.3 is 19.7 Å². The molecule has 1 aliphatic rings. The Bertz CT molecular complexity index is 627. The van der Waals surface area contributed by atoms with Crippen LogP contribution in [0, 0.1) is 6.92 Å². The second-order valence-electron chi connectivity index (χ2n) is 8.36. The van der Waals surface area contributed by atoms with Crippen LogP contribution in [0.25, 0.3) is 0 Å². The first kappa shape index (κ1) is 20.4. The van der Waals surface area contributed by atoms with Crippen LogP contribution in [0.4, 0.5) is 10.5 Å². The highest BCUT2D eigenvalue weighted by Crippen LogP contribution is 2.37. The number of nitrogens with zero attached hydrogens (tertiary/aromatic N) is 1. The van der Waals surface area contributed by atoms with Gasteiger partial charge in [-0.2, -0.15) is 0 Å². The largest absolute Gasteiger partial charge is 0.489 e. The van der Waals surface area contributed by atoms with Gasteiger partial charge in [-0.1, -0.05) is 0 Å². The molecule has 2 rings (SSSR count). The number of nitrogens with one attached hydrogen (secondary N) is 1. The molecule has 5 heteroatoms. The molecule has 1 aromatic rings. The number of benzene rings is 1. The van der Waals surface area contributed by atoms with Gasteiger partial charge >= 0.3 is 6.09 Å². The Morgan fingerprint density at radius 3 is 2.35 bits per heavy atom. The number of carbonyl (C=O) groups excluding carboxylic acids is 1. The summed E-state index contributed by atoms with van der Waals surface area (Å²) in [4.78, 5) is 14.1. The molecular formula is C21H34N2O3. The van der Waals surface area contributed by atoms with Gasteiger partial charge in [-0.25, -0.2) is 4.79 Å². The fourth-order valence-corrected chi connectivity index (χ4v) is 3.39. The lowest BCUT2D eigenvalue weighted by Gasteiger charge is -2.34. The van der Waals surface area contributed by atoms with E-state index in [1.165, 1.54) is 11.1 Å². The molecule has 1 aliphatic heterocycles. The Labute approximate surface area is 158 Å². The third-order valence-electron chi connectivity index (χ3n) is 4.59. The number of likely N-dealkylation sites (tertiary alicyclic amines) is 1. The summed E-state index contributed by atoms with van der Waals surface area (Å²) in [5.74, 6) is 1.34. The molecular weight excluding hydrogens is 328 g/mol. The lowest BCUT2D eigenvalue weighted by atomic mass is 9.86. The number of rotatable bonds is 4. The molecule has 146 valence electrons. The average Bonchev–Trinajstić information content (AvgIpc) is 2.54. The van der Waals surface area contributed by atoms with Crippen molar-refractivity contribution in [1.29, 1.82) is 0 Å². The Hall–Kier alpha value is -1.91. The van der Waals surface area contributed by atoms with Crippen LogP contribution < -0.4 is 10.1 Å². The van der Waals surface area contributed by atoms with Gasteiger partial charge in [-0.15, -0.1) is 0 Å². The van der Waals surface area contributed by atoms with E-state index in [1.807, 2.05) is 46.6 Å². The van der Waals surface area contributed by atoms with Gasteiger partial charge in [0, 0.05) is 20.1 Å². The van der Waals surface area contributed by atoms with E-state index >= 15 is 0 Å². The Morgan fingerprint density at radius 2 is 1.85 bits per heavy atom. The summed E-state index contributed by atoms with van der Waals surface area (Å²) in [5.41, 5.74) is 3.16. The van der Waals surface area contributed by atoms with Crippen molar-refractivity contribution < 1.29 is 14.3 Å². The van der Waals surface area contributed by atoms with Crippen molar-refractivity contribution in [2.45, 2.75) is 72.0 Å². The normalized spacial score (nSPS) is 15.9. The fourth-order valence-electron chi connectivity index (χ4n) is 3.39. The minimum atomic E-state index is -0.448. The minimum absolute atomic E-state index is 0.131. The highest BCUT2D eigenvalue weighted by molar-refractivity contribution is 5.68. The highest BCUT2D eigenvalue weighted by atomic mass is 16.6. The van der Waals surface area contributed by atoms with Gasteiger partial charge in [-0.05, 0) is 83.6 Å². The van der Waals surface area contributed by atoms with Crippen LogP contribution in [0.1, 0.15) is 64.5 Å². The number of hydrogen-bond acceptors (Lipinski definition) is 4. The van der Waals surface area contributed by atoms with Crippen LogP contribution in [0.2, 0.25) is 0 Å². The predicted molar refractivity (Wildman–Crippen MR) is 106 cm³/mol. The van der Waals surface area contributed by atoms with E-state index in [4.69, 9.17) is 9.47 Å². The van der Waals surface area contributed by atoms with E-state index in [0.717, 1.165) is 37.4 Å². The number of aryl methyl sites for hydroxylation is 1. The van der Waals surface area contributed by atoms with E-state index in [-0.39, 0.29) is 12.2 Å². The van der Waals surface area contributed by atoms with Crippen LogP contribution in [0.5, 0.6) is 5.75 Å². The molecule has 0 aliphatic carbocycles. The van der Waals surface area contributed by atoms with Crippen molar-refractivity contribution >= 4 is 11.8 Å². The van der Waals surface area contributed by atoms with E-state index < -0.39 is 5.60 Å². The standard InChI is InChI=1S/C21H34N2O3/c1-14(2)25-19-13-17(15(3)12-18(19)22-7)16-8-10-23(11-9-16)20(24)26-21(4,5)6/h12-14,16,22H,8-11H2,1-7H3. The Morgan fingerprint density at radius 1 is 1.23 bits per heavy atom. The zero-order valence-electron chi connectivity index (χ0n) is 17.3. The molecule has 0 saturated carbocycles. The summed E-state index contributed by atoms with van der Waals surface area (Å²) in [7, 11) is 1.92. The second kappa shape index (κ2) is 8.19. The third-order valence-corrected chi connectivity index (χ3v) is 4.59. The van der Waals surface area contributed by atoms with Gasteiger partial charge in [0.05, 0.1) is 11.8 Å². The van der Waals surface area contributed by atoms with Gasteiger partial charge in [0.2, 0.25) is 0 Å². The molecule has 1 N–H and O–H groups in total. The fraction of sp³-hybridized carbons (Fsp3) is 0.667. The van der Waals surface area contributed by atoms with Crippen molar-refractivity contribution in [1.82, 2.24) is 4.90 Å². The maximum Gasteiger partial charge on any atom is 0.410 e. The first-order chi connectivity index (χ1) is 12.1. The summed E-state index contributed by atoms with van der Waals surface area (Å²) in [5, 5.41) is 3.22. The number of piperidine rings is 1. The number of amides is 1. The van der Waals surface area contributed by atoms with Crippen LogP contribution >= 0.6 is 0 Å². The van der Waals surface area contributed by atoms with Crippen LogP contribution in [-0.4, -0.2) is 42.8 Å². The van der Waals surface area contributed by atoms with Gasteiger partial charge in [0.1, 0.15) is 11.4 Å². The third kappa shape index (κ3) is 5.29. The number of ether oxygens (including phenoxy) is 2. The predicted octanol–water partition coefficient (Wildman–Crippen LogP) is 4.94. The SMILES string of the molecule is CNc1cc(C)c(C2CCN(C(=O)OC(C)(C)C)CC2)cc1OC(C)C. The molecule has 0 unspecified atom stereocenters. The smallest absolute Gasteiger partial charge is 0.410 e. The quantitative estimate of drug-likeness (QED) is 0.824. The average molecular weight is 363 g/mol. The number of hydrogen-bond donors (Lipinski definition) is 1. The summed E-state index contributed by atoms with van der Waals surface area (Å²) >= 11 is 0. The molecule has 5 nitrogen and oxygen atoms in total. The lowest BCUT2D eigenvalue weighted by molar-refractivity contribution is 0.0204. The maximum atomic E-state index is 12.3.